The first-order valence-corrected chi connectivity index (χ1v) is 12.4. The Morgan fingerprint density at radius 3 is 2.62 bits per heavy atom. The second-order valence-corrected chi connectivity index (χ2v) is 9.68. The highest BCUT2D eigenvalue weighted by molar-refractivity contribution is 5.98. The number of aromatic amines is 2. The van der Waals surface area contributed by atoms with Gasteiger partial charge >= 0.3 is 0 Å². The molecular weight excluding hydrogens is 500 g/mol. The molecule has 0 saturated carbocycles. The highest BCUT2D eigenvalue weighted by Gasteiger charge is 2.21. The van der Waals surface area contributed by atoms with Gasteiger partial charge in [0, 0.05) is 35.5 Å². The van der Waals surface area contributed by atoms with Crippen LogP contribution in [0.3, 0.4) is 0 Å². The molecule has 0 aliphatic heterocycles. The largest absolute Gasteiger partial charge is 0.325 e. The Balaban J connectivity index is 1.41. The molecule has 2 aromatic carbocycles. The summed E-state index contributed by atoms with van der Waals surface area (Å²) in [6, 6.07) is 13.0. The second kappa shape index (κ2) is 9.71. The molecule has 8 nitrogen and oxygen atoms in total. The van der Waals surface area contributed by atoms with Crippen molar-refractivity contribution in [1.82, 2.24) is 30.1 Å². The van der Waals surface area contributed by atoms with Gasteiger partial charge in [0.2, 0.25) is 5.91 Å². The maximum absolute atomic E-state index is 16.1. The van der Waals surface area contributed by atoms with Gasteiger partial charge in [-0.15, -0.1) is 0 Å². The molecule has 4 aromatic heterocycles. The minimum Gasteiger partial charge on any atom is -0.325 e. The predicted molar refractivity (Wildman–Crippen MR) is 146 cm³/mol. The molecule has 1 amide bonds. The number of nitrogens with zero attached hydrogens (tertiary/aromatic N) is 4. The van der Waals surface area contributed by atoms with Crippen molar-refractivity contribution in [2.45, 2.75) is 20.3 Å². The van der Waals surface area contributed by atoms with Gasteiger partial charge < -0.3 is 10.3 Å². The summed E-state index contributed by atoms with van der Waals surface area (Å²) < 4.78 is 29.5. The van der Waals surface area contributed by atoms with Gasteiger partial charge in [0.15, 0.2) is 11.5 Å². The van der Waals surface area contributed by atoms with Crippen LogP contribution in [-0.4, -0.2) is 36.0 Å². The third kappa shape index (κ3) is 4.61. The van der Waals surface area contributed by atoms with Crippen LogP contribution in [0.1, 0.15) is 20.3 Å². The van der Waals surface area contributed by atoms with Crippen molar-refractivity contribution >= 4 is 33.7 Å². The van der Waals surface area contributed by atoms with E-state index in [4.69, 9.17) is 4.98 Å². The molecule has 0 spiro atoms. The smallest absolute Gasteiger partial charge is 0.224 e. The summed E-state index contributed by atoms with van der Waals surface area (Å²) in [6.45, 7) is 3.92. The molecule has 39 heavy (non-hydrogen) atoms. The molecule has 0 aliphatic rings. The molecule has 0 atom stereocenters. The van der Waals surface area contributed by atoms with E-state index in [1.807, 2.05) is 13.8 Å². The summed E-state index contributed by atoms with van der Waals surface area (Å²) in [5, 5.41) is 10.3. The van der Waals surface area contributed by atoms with Crippen molar-refractivity contribution in [3.63, 3.8) is 0 Å². The van der Waals surface area contributed by atoms with Crippen LogP contribution in [-0.2, 0) is 4.79 Å². The Morgan fingerprint density at radius 1 is 1.00 bits per heavy atom. The minimum absolute atomic E-state index is 0.129. The van der Waals surface area contributed by atoms with Gasteiger partial charge in [0.1, 0.15) is 22.8 Å². The summed E-state index contributed by atoms with van der Waals surface area (Å²) in [7, 11) is 0. The van der Waals surface area contributed by atoms with Crippen LogP contribution >= 0.6 is 0 Å². The zero-order valence-electron chi connectivity index (χ0n) is 21.1. The zero-order chi connectivity index (χ0) is 27.1. The number of aromatic nitrogens is 6. The number of rotatable bonds is 6. The van der Waals surface area contributed by atoms with E-state index < -0.39 is 5.82 Å². The molecule has 10 heteroatoms. The predicted octanol–water partition coefficient (Wildman–Crippen LogP) is 6.49. The number of fused-ring (bicyclic) bond motifs is 2. The number of nitrogens with one attached hydrogen (secondary N) is 3. The van der Waals surface area contributed by atoms with E-state index in [0.717, 1.165) is 11.1 Å². The Kier molecular flexibility index (Phi) is 6.07. The molecular formula is C29H23F2N7O. The van der Waals surface area contributed by atoms with Gasteiger partial charge in [-0.3, -0.25) is 14.9 Å². The number of pyridine rings is 2. The molecule has 0 bridgehead atoms. The Bertz CT molecular complexity index is 1840. The molecule has 4 heterocycles. The third-order valence-electron chi connectivity index (χ3n) is 6.36. The first-order valence-electron chi connectivity index (χ1n) is 12.4. The van der Waals surface area contributed by atoms with Crippen molar-refractivity contribution in [2.24, 2.45) is 5.92 Å². The van der Waals surface area contributed by atoms with E-state index in [-0.39, 0.29) is 23.0 Å². The van der Waals surface area contributed by atoms with Gasteiger partial charge in [0.05, 0.1) is 22.8 Å². The number of hydrogen-bond acceptors (Lipinski definition) is 5. The van der Waals surface area contributed by atoms with Gasteiger partial charge in [-0.05, 0) is 47.9 Å². The van der Waals surface area contributed by atoms with Crippen molar-refractivity contribution in [2.75, 3.05) is 5.32 Å². The van der Waals surface area contributed by atoms with Crippen LogP contribution < -0.4 is 5.32 Å². The number of imidazole rings is 1. The molecule has 3 N–H and O–H groups in total. The monoisotopic (exact) mass is 523 g/mol. The lowest BCUT2D eigenvalue weighted by atomic mass is 10.0. The van der Waals surface area contributed by atoms with E-state index in [1.165, 1.54) is 18.3 Å². The molecule has 6 rings (SSSR count). The molecule has 6 aromatic rings. The average Bonchev–Trinajstić information content (AvgIpc) is 3.54. The summed E-state index contributed by atoms with van der Waals surface area (Å²) in [6.07, 6.45) is 5.08. The average molecular weight is 524 g/mol. The van der Waals surface area contributed by atoms with Crippen molar-refractivity contribution < 1.29 is 13.6 Å². The van der Waals surface area contributed by atoms with Crippen molar-refractivity contribution in [3.8, 4) is 33.8 Å². The number of H-pyrrole nitrogens is 2. The van der Waals surface area contributed by atoms with Gasteiger partial charge in [-0.2, -0.15) is 5.10 Å². The highest BCUT2D eigenvalue weighted by atomic mass is 19.1. The number of anilines is 1. The summed E-state index contributed by atoms with van der Waals surface area (Å²) >= 11 is 0. The Hall–Kier alpha value is -4.99. The van der Waals surface area contributed by atoms with Crippen molar-refractivity contribution in [1.29, 1.82) is 0 Å². The van der Waals surface area contributed by atoms with E-state index in [2.05, 4.69) is 30.5 Å². The van der Waals surface area contributed by atoms with Crippen molar-refractivity contribution in [3.05, 3.63) is 78.8 Å². The lowest BCUT2D eigenvalue weighted by molar-refractivity contribution is -0.116. The fraction of sp³-hybridized carbons (Fsp3) is 0.138. The topological polar surface area (TPSA) is 112 Å². The fourth-order valence-corrected chi connectivity index (χ4v) is 4.59. The molecule has 0 saturated heterocycles. The maximum Gasteiger partial charge on any atom is 0.224 e. The summed E-state index contributed by atoms with van der Waals surface area (Å²) in [5.41, 5.74) is 4.67. The van der Waals surface area contributed by atoms with Crippen LogP contribution in [0.25, 0.3) is 55.8 Å². The zero-order valence-corrected chi connectivity index (χ0v) is 21.1. The molecule has 194 valence electrons. The number of carbonyl (C=O) groups excluding carboxylic acids is 1. The van der Waals surface area contributed by atoms with E-state index in [9.17, 15) is 9.18 Å². The standard InChI is InChI=1S/C29H23F2N7O/c1-15(2)11-23(39)34-19-12-17(13-32-14-19)20-7-8-22-24(25(20)31)27(38-37-22)29-35-26-21(9-10-33-28(26)36-29)16-3-5-18(30)6-4-16/h3-10,12-15H,11H2,1-2H3,(H,34,39)(H,37,38)(H,33,35,36). The Labute approximate surface area is 221 Å². The van der Waals surface area contributed by atoms with Crippen LogP contribution in [0.2, 0.25) is 0 Å². The third-order valence-corrected chi connectivity index (χ3v) is 6.36. The quantitative estimate of drug-likeness (QED) is 0.231. The number of halogens is 2. The van der Waals surface area contributed by atoms with Gasteiger partial charge in [-0.1, -0.05) is 26.0 Å². The lowest BCUT2D eigenvalue weighted by Crippen LogP contribution is -2.14. The summed E-state index contributed by atoms with van der Waals surface area (Å²) in [5.74, 6) is -0.422. The van der Waals surface area contributed by atoms with Crippen LogP contribution in [0, 0.1) is 17.6 Å². The SMILES string of the molecule is CC(C)CC(=O)Nc1cncc(-c2ccc3[nH]nc(-c4nc5c(-c6ccc(F)cc6)ccnc5[nH]4)c3c2F)c1. The van der Waals surface area contributed by atoms with E-state index >= 15 is 4.39 Å². The van der Waals surface area contributed by atoms with Crippen LogP contribution in [0.4, 0.5) is 14.5 Å². The minimum atomic E-state index is -0.504. The van der Waals surface area contributed by atoms with E-state index in [0.29, 0.717) is 51.4 Å². The molecule has 0 aliphatic carbocycles. The van der Waals surface area contributed by atoms with E-state index in [1.54, 1.807) is 48.8 Å². The number of amides is 1. The lowest BCUT2D eigenvalue weighted by Gasteiger charge is -2.09. The number of carbonyl (C=O) groups is 1. The second-order valence-electron chi connectivity index (χ2n) is 9.68. The molecule has 0 radical (unpaired) electrons. The Morgan fingerprint density at radius 2 is 1.82 bits per heavy atom. The van der Waals surface area contributed by atoms with Crippen LogP contribution in [0.15, 0.2) is 67.1 Å². The number of hydrogen-bond donors (Lipinski definition) is 3. The van der Waals surface area contributed by atoms with Gasteiger partial charge in [0.25, 0.3) is 0 Å². The number of benzene rings is 2. The van der Waals surface area contributed by atoms with Gasteiger partial charge in [-0.25, -0.2) is 18.7 Å². The summed E-state index contributed by atoms with van der Waals surface area (Å²) in [4.78, 5) is 28.6. The maximum atomic E-state index is 16.1. The fourth-order valence-electron chi connectivity index (χ4n) is 4.59. The highest BCUT2D eigenvalue weighted by Crippen LogP contribution is 2.35. The van der Waals surface area contributed by atoms with Crippen LogP contribution in [0.5, 0.6) is 0 Å². The molecule has 0 unspecified atom stereocenters. The molecule has 0 fully saturated rings. The first-order chi connectivity index (χ1) is 18.9. The first kappa shape index (κ1) is 24.4. The normalized spacial score (nSPS) is 11.5.